The summed E-state index contributed by atoms with van der Waals surface area (Å²) in [6.45, 7) is 1.40. The fourth-order valence-electron chi connectivity index (χ4n) is 3.00. The lowest BCUT2D eigenvalue weighted by Crippen LogP contribution is -2.31. The molecule has 0 heterocycles. The smallest absolute Gasteiger partial charge is 0.338 e. The van der Waals surface area contributed by atoms with Crippen LogP contribution in [0.5, 0.6) is 5.75 Å². The molecule has 1 N–H and O–H groups in total. The summed E-state index contributed by atoms with van der Waals surface area (Å²) in [7, 11) is 1.33. The molecular formula is C22H20FNO4. The number of carbonyl (C=O) groups excluding carboxylic acids is 2. The van der Waals surface area contributed by atoms with E-state index in [2.05, 4.69) is 5.32 Å². The van der Waals surface area contributed by atoms with E-state index in [0.29, 0.717) is 0 Å². The van der Waals surface area contributed by atoms with Gasteiger partial charge in [0.25, 0.3) is 5.91 Å². The molecule has 1 atom stereocenters. The zero-order valence-corrected chi connectivity index (χ0v) is 15.6. The molecule has 0 unspecified atom stereocenters. The van der Waals surface area contributed by atoms with E-state index in [1.807, 2.05) is 49.4 Å². The molecule has 0 aliphatic heterocycles. The molecular weight excluding hydrogens is 361 g/mol. The highest BCUT2D eigenvalue weighted by molar-refractivity contribution is 5.92. The molecule has 5 nitrogen and oxygen atoms in total. The van der Waals surface area contributed by atoms with Crippen LogP contribution in [-0.2, 0) is 9.53 Å². The number of ether oxygens (including phenoxy) is 2. The Balaban J connectivity index is 1.60. The summed E-state index contributed by atoms with van der Waals surface area (Å²) in [5.41, 5.74) is 0.975. The minimum absolute atomic E-state index is 0.00759. The average molecular weight is 381 g/mol. The SMILES string of the molecule is COc1ccc(C(=O)OCC(=O)N[C@H](C)c2cccc3ccccc23)cc1F. The fourth-order valence-corrected chi connectivity index (χ4v) is 3.00. The van der Waals surface area contributed by atoms with Gasteiger partial charge in [0, 0.05) is 0 Å². The summed E-state index contributed by atoms with van der Waals surface area (Å²) in [5.74, 6) is -1.87. The van der Waals surface area contributed by atoms with Gasteiger partial charge in [0.15, 0.2) is 18.2 Å². The molecule has 0 fully saturated rings. The number of hydrogen-bond acceptors (Lipinski definition) is 4. The van der Waals surface area contributed by atoms with Gasteiger partial charge in [-0.3, -0.25) is 4.79 Å². The highest BCUT2D eigenvalue weighted by Gasteiger charge is 2.16. The lowest BCUT2D eigenvalue weighted by Gasteiger charge is -2.16. The molecule has 3 aromatic carbocycles. The Bertz CT molecular complexity index is 1010. The van der Waals surface area contributed by atoms with Crippen LogP contribution >= 0.6 is 0 Å². The van der Waals surface area contributed by atoms with E-state index >= 15 is 0 Å². The van der Waals surface area contributed by atoms with Crippen molar-refractivity contribution in [3.63, 3.8) is 0 Å². The summed E-state index contributed by atoms with van der Waals surface area (Å²) in [6, 6.07) is 17.2. The highest BCUT2D eigenvalue weighted by atomic mass is 19.1. The number of fused-ring (bicyclic) bond motifs is 1. The third-order valence-electron chi connectivity index (χ3n) is 4.39. The van der Waals surface area contributed by atoms with E-state index in [4.69, 9.17) is 9.47 Å². The first-order chi connectivity index (χ1) is 13.5. The number of esters is 1. The Hall–Kier alpha value is -3.41. The molecule has 0 bridgehead atoms. The topological polar surface area (TPSA) is 64.6 Å². The number of amides is 1. The summed E-state index contributed by atoms with van der Waals surface area (Å²) >= 11 is 0. The second kappa shape index (κ2) is 8.52. The third kappa shape index (κ3) is 4.28. The van der Waals surface area contributed by atoms with Gasteiger partial charge in [-0.05, 0) is 41.5 Å². The maximum atomic E-state index is 13.7. The van der Waals surface area contributed by atoms with Crippen LogP contribution in [0.1, 0.15) is 28.9 Å². The van der Waals surface area contributed by atoms with Gasteiger partial charge in [0.05, 0.1) is 18.7 Å². The van der Waals surface area contributed by atoms with Crippen molar-refractivity contribution in [1.82, 2.24) is 5.32 Å². The molecule has 0 saturated heterocycles. The van der Waals surface area contributed by atoms with Gasteiger partial charge in [-0.15, -0.1) is 0 Å². The first kappa shape index (κ1) is 19.4. The standard InChI is InChI=1S/C22H20FNO4/c1-14(17-9-5-7-15-6-3-4-8-18(15)17)24-21(25)13-28-22(26)16-10-11-20(27-2)19(23)12-16/h3-12,14H,13H2,1-2H3,(H,24,25)/t14-/m1/s1. The van der Waals surface area contributed by atoms with Crippen molar-refractivity contribution in [2.75, 3.05) is 13.7 Å². The Morgan fingerprint density at radius 1 is 1.07 bits per heavy atom. The molecule has 0 saturated carbocycles. The van der Waals surface area contributed by atoms with Gasteiger partial charge < -0.3 is 14.8 Å². The molecule has 0 aliphatic rings. The Kier molecular flexibility index (Phi) is 5.89. The van der Waals surface area contributed by atoms with Crippen molar-refractivity contribution in [3.05, 3.63) is 77.6 Å². The maximum absolute atomic E-state index is 13.7. The number of carbonyl (C=O) groups is 2. The summed E-state index contributed by atoms with van der Waals surface area (Å²) < 4.78 is 23.5. The minimum atomic E-state index is -0.783. The van der Waals surface area contributed by atoms with E-state index in [0.717, 1.165) is 22.4 Å². The second-order valence-electron chi connectivity index (χ2n) is 6.28. The lowest BCUT2D eigenvalue weighted by molar-refractivity contribution is -0.124. The molecule has 6 heteroatoms. The number of methoxy groups -OCH3 is 1. The summed E-state index contributed by atoms with van der Waals surface area (Å²) in [4.78, 5) is 24.2. The molecule has 0 aromatic heterocycles. The highest BCUT2D eigenvalue weighted by Crippen LogP contribution is 2.24. The summed E-state index contributed by atoms with van der Waals surface area (Å²) in [6.07, 6.45) is 0. The third-order valence-corrected chi connectivity index (χ3v) is 4.39. The van der Waals surface area contributed by atoms with Crippen LogP contribution in [0.4, 0.5) is 4.39 Å². The van der Waals surface area contributed by atoms with Crippen molar-refractivity contribution in [2.45, 2.75) is 13.0 Å². The van der Waals surface area contributed by atoms with Crippen molar-refractivity contribution in [2.24, 2.45) is 0 Å². The first-order valence-electron chi connectivity index (χ1n) is 8.77. The van der Waals surface area contributed by atoms with Gasteiger partial charge in [0.2, 0.25) is 0 Å². The molecule has 28 heavy (non-hydrogen) atoms. The average Bonchev–Trinajstić information content (AvgIpc) is 2.71. The van der Waals surface area contributed by atoms with Gasteiger partial charge in [0.1, 0.15) is 0 Å². The van der Waals surface area contributed by atoms with Crippen molar-refractivity contribution < 1.29 is 23.5 Å². The normalized spacial score (nSPS) is 11.7. The number of benzene rings is 3. The number of hydrogen-bond donors (Lipinski definition) is 1. The minimum Gasteiger partial charge on any atom is -0.494 e. The molecule has 3 rings (SSSR count). The maximum Gasteiger partial charge on any atom is 0.338 e. The molecule has 1 amide bonds. The van der Waals surface area contributed by atoms with Crippen molar-refractivity contribution in [1.29, 1.82) is 0 Å². The second-order valence-corrected chi connectivity index (χ2v) is 6.28. The fraction of sp³-hybridized carbons (Fsp3) is 0.182. The van der Waals surface area contributed by atoms with Crippen LogP contribution in [0, 0.1) is 5.82 Å². The quantitative estimate of drug-likeness (QED) is 0.655. The zero-order valence-electron chi connectivity index (χ0n) is 15.6. The van der Waals surface area contributed by atoms with Crippen LogP contribution in [0.2, 0.25) is 0 Å². The first-order valence-corrected chi connectivity index (χ1v) is 8.77. The number of rotatable bonds is 6. The van der Waals surface area contributed by atoms with Crippen LogP contribution in [-0.4, -0.2) is 25.6 Å². The molecule has 3 aromatic rings. The van der Waals surface area contributed by atoms with Crippen LogP contribution in [0.25, 0.3) is 10.8 Å². The monoisotopic (exact) mass is 381 g/mol. The van der Waals surface area contributed by atoms with Crippen LogP contribution in [0.3, 0.4) is 0 Å². The van der Waals surface area contributed by atoms with Gasteiger partial charge in [-0.2, -0.15) is 0 Å². The van der Waals surface area contributed by atoms with Crippen molar-refractivity contribution in [3.8, 4) is 5.75 Å². The predicted octanol–water partition coefficient (Wildman–Crippen LogP) is 4.02. The van der Waals surface area contributed by atoms with Gasteiger partial charge in [-0.1, -0.05) is 42.5 Å². The van der Waals surface area contributed by atoms with E-state index in [1.165, 1.54) is 19.2 Å². The molecule has 0 radical (unpaired) electrons. The predicted molar refractivity (Wildman–Crippen MR) is 104 cm³/mol. The van der Waals surface area contributed by atoms with E-state index < -0.39 is 24.3 Å². The number of nitrogens with one attached hydrogen (secondary N) is 1. The number of halogens is 1. The Labute approximate surface area is 162 Å². The van der Waals surface area contributed by atoms with Crippen LogP contribution in [0.15, 0.2) is 60.7 Å². The Morgan fingerprint density at radius 2 is 1.82 bits per heavy atom. The van der Waals surface area contributed by atoms with E-state index in [9.17, 15) is 14.0 Å². The van der Waals surface area contributed by atoms with Crippen molar-refractivity contribution >= 4 is 22.6 Å². The molecule has 0 aliphatic carbocycles. The van der Waals surface area contributed by atoms with Gasteiger partial charge >= 0.3 is 5.97 Å². The largest absolute Gasteiger partial charge is 0.494 e. The summed E-state index contributed by atoms with van der Waals surface area (Å²) in [5, 5.41) is 4.94. The lowest BCUT2D eigenvalue weighted by atomic mass is 10.00. The molecule has 144 valence electrons. The Morgan fingerprint density at radius 3 is 2.57 bits per heavy atom. The van der Waals surface area contributed by atoms with E-state index in [1.54, 1.807) is 0 Å². The zero-order chi connectivity index (χ0) is 20.1. The van der Waals surface area contributed by atoms with Crippen LogP contribution < -0.4 is 10.1 Å². The molecule has 0 spiro atoms. The van der Waals surface area contributed by atoms with Gasteiger partial charge in [-0.25, -0.2) is 9.18 Å². The van der Waals surface area contributed by atoms with E-state index in [-0.39, 0.29) is 17.4 Å².